The largest absolute Gasteiger partial charge is 0.306 e. The van der Waals surface area contributed by atoms with E-state index in [1.807, 2.05) is 37.6 Å². The molecule has 5 heterocycles. The van der Waals surface area contributed by atoms with Crippen LogP contribution in [0.4, 0.5) is 4.39 Å². The molecule has 0 spiro atoms. The highest BCUT2D eigenvalue weighted by Crippen LogP contribution is 2.29. The third-order valence-corrected chi connectivity index (χ3v) is 5.40. The molecular weight excluding hydrogens is 343 g/mol. The SMILES string of the molecule is Cc1cn2nc(-c3cc(F)c4nc(C5CCN(C)CC5)cn4c3)ccc2n1. The first-order chi connectivity index (χ1) is 13.1. The molecule has 1 aliphatic rings. The molecule has 7 heteroatoms. The zero-order valence-corrected chi connectivity index (χ0v) is 15.4. The molecule has 4 aromatic heterocycles. The predicted molar refractivity (Wildman–Crippen MR) is 101 cm³/mol. The van der Waals surface area contributed by atoms with Crippen LogP contribution < -0.4 is 0 Å². The summed E-state index contributed by atoms with van der Waals surface area (Å²) in [6, 6.07) is 5.28. The van der Waals surface area contributed by atoms with Gasteiger partial charge in [-0.3, -0.25) is 0 Å². The number of aryl methyl sites for hydroxylation is 1. The van der Waals surface area contributed by atoms with Crippen LogP contribution >= 0.6 is 0 Å². The monoisotopic (exact) mass is 364 g/mol. The number of nitrogens with zero attached hydrogens (tertiary/aromatic N) is 6. The second kappa shape index (κ2) is 6.13. The number of halogens is 1. The van der Waals surface area contributed by atoms with Gasteiger partial charge < -0.3 is 9.30 Å². The molecule has 5 rings (SSSR count). The molecule has 0 amide bonds. The van der Waals surface area contributed by atoms with Crippen LogP contribution in [0.25, 0.3) is 22.6 Å². The third kappa shape index (κ3) is 2.88. The Labute approximate surface area is 156 Å². The molecular formula is C20H21FN6. The highest BCUT2D eigenvalue weighted by Gasteiger charge is 2.22. The zero-order chi connectivity index (χ0) is 18.5. The minimum absolute atomic E-state index is 0.324. The van der Waals surface area contributed by atoms with Gasteiger partial charge in [0.2, 0.25) is 0 Å². The number of imidazole rings is 2. The number of fused-ring (bicyclic) bond motifs is 2. The van der Waals surface area contributed by atoms with E-state index in [0.717, 1.165) is 48.5 Å². The molecule has 0 unspecified atom stereocenters. The standard InChI is InChI=1S/C20H21FN6/c1-13-10-27-19(22-13)4-3-17(24-27)15-9-16(21)20-23-18(12-26(20)11-15)14-5-7-25(2)8-6-14/h3-4,9-12,14H,5-8H2,1-2H3. The molecule has 0 aromatic carbocycles. The van der Waals surface area contributed by atoms with Crippen LogP contribution in [-0.4, -0.2) is 49.0 Å². The second-order valence-electron chi connectivity index (χ2n) is 7.45. The maximum atomic E-state index is 14.8. The first-order valence-electron chi connectivity index (χ1n) is 9.27. The maximum absolute atomic E-state index is 14.8. The smallest absolute Gasteiger partial charge is 0.173 e. The van der Waals surface area contributed by atoms with Gasteiger partial charge in [-0.2, -0.15) is 5.10 Å². The fourth-order valence-corrected chi connectivity index (χ4v) is 3.87. The normalized spacial score (nSPS) is 16.6. The molecule has 0 saturated carbocycles. The Bertz CT molecular complexity index is 1140. The fraction of sp³-hybridized carbons (Fsp3) is 0.350. The summed E-state index contributed by atoms with van der Waals surface area (Å²) in [5, 5.41) is 4.57. The molecule has 0 aliphatic carbocycles. The maximum Gasteiger partial charge on any atom is 0.173 e. The van der Waals surface area contributed by atoms with E-state index in [9.17, 15) is 4.39 Å². The summed E-state index contributed by atoms with van der Waals surface area (Å²) >= 11 is 0. The Morgan fingerprint density at radius 1 is 1.07 bits per heavy atom. The first kappa shape index (κ1) is 16.4. The topological polar surface area (TPSA) is 50.7 Å². The van der Waals surface area contributed by atoms with E-state index in [1.165, 1.54) is 6.07 Å². The van der Waals surface area contributed by atoms with Gasteiger partial charge in [-0.25, -0.2) is 18.9 Å². The lowest BCUT2D eigenvalue weighted by atomic mass is 9.94. The Morgan fingerprint density at radius 2 is 1.89 bits per heavy atom. The molecule has 1 aliphatic heterocycles. The number of hydrogen-bond donors (Lipinski definition) is 0. The van der Waals surface area contributed by atoms with Gasteiger partial charge in [0.1, 0.15) is 0 Å². The van der Waals surface area contributed by atoms with Crippen molar-refractivity contribution in [2.24, 2.45) is 0 Å². The molecule has 0 N–H and O–H groups in total. The highest BCUT2D eigenvalue weighted by atomic mass is 19.1. The summed E-state index contributed by atoms with van der Waals surface area (Å²) in [7, 11) is 2.14. The van der Waals surface area contributed by atoms with Crippen LogP contribution in [0, 0.1) is 12.7 Å². The van der Waals surface area contributed by atoms with Crippen molar-refractivity contribution < 1.29 is 4.39 Å². The molecule has 1 saturated heterocycles. The molecule has 1 fully saturated rings. The summed E-state index contributed by atoms with van der Waals surface area (Å²) < 4.78 is 18.3. The van der Waals surface area contributed by atoms with Crippen LogP contribution in [0.3, 0.4) is 0 Å². The van der Waals surface area contributed by atoms with Gasteiger partial charge in [0.15, 0.2) is 17.1 Å². The third-order valence-electron chi connectivity index (χ3n) is 5.40. The zero-order valence-electron chi connectivity index (χ0n) is 15.4. The van der Waals surface area contributed by atoms with E-state index in [2.05, 4.69) is 27.0 Å². The van der Waals surface area contributed by atoms with Gasteiger partial charge in [0, 0.05) is 23.9 Å². The summed E-state index contributed by atoms with van der Waals surface area (Å²) in [5.74, 6) is 0.0720. The molecule has 0 atom stereocenters. The molecule has 0 radical (unpaired) electrons. The van der Waals surface area contributed by atoms with Crippen molar-refractivity contribution in [3.8, 4) is 11.3 Å². The van der Waals surface area contributed by atoms with Crippen LogP contribution in [0.1, 0.15) is 30.1 Å². The summed E-state index contributed by atoms with van der Waals surface area (Å²) in [4.78, 5) is 11.3. The van der Waals surface area contributed by atoms with E-state index in [4.69, 9.17) is 0 Å². The van der Waals surface area contributed by atoms with Crippen LogP contribution in [0.5, 0.6) is 0 Å². The molecule has 4 aromatic rings. The van der Waals surface area contributed by atoms with E-state index < -0.39 is 0 Å². The van der Waals surface area contributed by atoms with Crippen molar-refractivity contribution in [1.82, 2.24) is 28.9 Å². The Hall–Kier alpha value is -2.80. The van der Waals surface area contributed by atoms with Crippen LogP contribution in [0.2, 0.25) is 0 Å². The van der Waals surface area contributed by atoms with Crippen molar-refractivity contribution in [1.29, 1.82) is 0 Å². The predicted octanol–water partition coefficient (Wildman–Crippen LogP) is 3.30. The minimum atomic E-state index is -0.324. The lowest BCUT2D eigenvalue weighted by molar-refractivity contribution is 0.253. The van der Waals surface area contributed by atoms with Gasteiger partial charge in [0.25, 0.3) is 0 Å². The van der Waals surface area contributed by atoms with Gasteiger partial charge in [0.05, 0.1) is 23.3 Å². The number of piperidine rings is 1. The van der Waals surface area contributed by atoms with Gasteiger partial charge in [-0.1, -0.05) is 0 Å². The van der Waals surface area contributed by atoms with Gasteiger partial charge in [-0.15, -0.1) is 0 Å². The average molecular weight is 364 g/mol. The Kier molecular flexibility index (Phi) is 3.72. The van der Waals surface area contributed by atoms with Crippen molar-refractivity contribution in [3.63, 3.8) is 0 Å². The average Bonchev–Trinajstić information content (AvgIpc) is 3.24. The summed E-state index contributed by atoms with van der Waals surface area (Å²) in [6.07, 6.45) is 7.86. The number of aromatic nitrogens is 5. The Balaban J connectivity index is 1.55. The Morgan fingerprint density at radius 3 is 2.70 bits per heavy atom. The number of likely N-dealkylation sites (tertiary alicyclic amines) is 1. The van der Waals surface area contributed by atoms with Crippen molar-refractivity contribution >= 4 is 11.3 Å². The number of hydrogen-bond acceptors (Lipinski definition) is 4. The van der Waals surface area contributed by atoms with E-state index in [-0.39, 0.29) is 5.82 Å². The van der Waals surface area contributed by atoms with E-state index >= 15 is 0 Å². The van der Waals surface area contributed by atoms with Crippen molar-refractivity contribution in [2.75, 3.05) is 20.1 Å². The van der Waals surface area contributed by atoms with Crippen LogP contribution in [0.15, 0.2) is 36.8 Å². The lowest BCUT2D eigenvalue weighted by Crippen LogP contribution is -2.29. The molecule has 6 nitrogen and oxygen atoms in total. The van der Waals surface area contributed by atoms with E-state index in [0.29, 0.717) is 17.3 Å². The van der Waals surface area contributed by atoms with E-state index in [1.54, 1.807) is 8.92 Å². The highest BCUT2D eigenvalue weighted by molar-refractivity contribution is 5.62. The fourth-order valence-electron chi connectivity index (χ4n) is 3.87. The second-order valence-corrected chi connectivity index (χ2v) is 7.45. The lowest BCUT2D eigenvalue weighted by Gasteiger charge is -2.27. The molecule has 27 heavy (non-hydrogen) atoms. The van der Waals surface area contributed by atoms with Crippen LogP contribution in [-0.2, 0) is 0 Å². The van der Waals surface area contributed by atoms with Gasteiger partial charge >= 0.3 is 0 Å². The molecule has 0 bridgehead atoms. The first-order valence-corrected chi connectivity index (χ1v) is 9.27. The number of rotatable bonds is 2. The molecule has 138 valence electrons. The summed E-state index contributed by atoms with van der Waals surface area (Å²) in [5.41, 5.74) is 4.47. The minimum Gasteiger partial charge on any atom is -0.306 e. The van der Waals surface area contributed by atoms with Gasteiger partial charge in [-0.05, 0) is 58.1 Å². The quantitative estimate of drug-likeness (QED) is 0.548. The number of pyridine rings is 1. The van der Waals surface area contributed by atoms with Crippen molar-refractivity contribution in [2.45, 2.75) is 25.7 Å². The van der Waals surface area contributed by atoms with Crippen molar-refractivity contribution in [3.05, 3.63) is 54.0 Å². The summed E-state index contributed by atoms with van der Waals surface area (Å²) in [6.45, 7) is 4.04.